The number of hydrogen-bond acceptors (Lipinski definition) is 10. The molecule has 632 valence electrons. The van der Waals surface area contributed by atoms with Crippen LogP contribution in [0.25, 0.3) is 0 Å². The van der Waals surface area contributed by atoms with Gasteiger partial charge in [-0.25, -0.2) is 28.9 Å². The predicted molar refractivity (Wildman–Crippen MR) is 490 cm³/mol. The molecule has 5 aliphatic carbocycles. The fraction of sp³-hybridized carbons (Fsp3) is 0.316. The standard InChI is InChI=1S/C23H28NOP.2C17H19P.C16H15N3O4.C7H5O2.C6H6.C5H10.C3H2N2O2.4CH3.BrH.2Fe.Mg/c1-17(2)21-16-25-23(24-21)20-14-9-15-22(20)26(18-10-5-3-6-11-18)19-12-7-4-8-13-19;2*1-3-9-15(10-4-1)18(17-13-7-8-14-17)16-11-5-2-6-12-16;1-18-15(20)17-19(16(18)21)12-5-3-2-4-11(12)10-6-7-13-14(8-10)23-9-22-13;1-2-4-7-6(3-1)8-5-9-7;1-2-4-6-5-3-1;1-2-4-5-3-1;6-2-1-3(7)5-4-2;;;;;;;;/h3-8,10-13,17,20-22H,9,14-16H2,1-2H3;2*1-6,9-12,17H,7-8,13-14H2;2-8,11-12H,9H2,1H3,(H,17,20);1,3-4H,5H2;1-6H;1-5H2;1H2;4*1H3;1H;;;/q;;;;-1;;;;4*-1;;3*+2/p-1/t20?,21-,22?;;;11-,12+;;;;;;;;;;;;/m0..1............/s1. The zero-order chi connectivity index (χ0) is 77.5. The molecule has 9 aromatic carbocycles. The van der Waals surface area contributed by atoms with Crippen LogP contribution in [0.2, 0.25) is 0 Å². The van der Waals surface area contributed by atoms with Gasteiger partial charge in [-0.05, 0) is 135 Å². The first kappa shape index (κ1) is 105. The zero-order valence-corrected chi connectivity index (χ0v) is 78.3. The van der Waals surface area contributed by atoms with Crippen LogP contribution in [0.3, 0.4) is 0 Å². The van der Waals surface area contributed by atoms with E-state index in [1.807, 2.05) is 85.0 Å². The smallest absolute Gasteiger partial charge is 1.00 e. The molecule has 4 saturated carbocycles. The second kappa shape index (κ2) is 56.2. The Morgan fingerprint density at radius 2 is 0.842 bits per heavy atom. The average molecular weight is 1830 g/mol. The molecule has 0 bridgehead atoms. The summed E-state index contributed by atoms with van der Waals surface area (Å²) in [5.41, 5.74) is 2.60. The summed E-state index contributed by atoms with van der Waals surface area (Å²) in [6.07, 6.45) is 30.1. The van der Waals surface area contributed by atoms with Crippen molar-refractivity contribution >= 4 is 96.4 Å². The predicted octanol–water partition coefficient (Wildman–Crippen LogP) is 17.1. The molecular weight excluding hydrogens is 1710 g/mol. The Bertz CT molecular complexity index is 4490. The average Bonchev–Trinajstić information content (AvgIpc) is 1.62. The Labute approximate surface area is 765 Å². The van der Waals surface area contributed by atoms with Crippen LogP contribution in [0.5, 0.6) is 23.0 Å². The summed E-state index contributed by atoms with van der Waals surface area (Å²) in [6, 6.07) is 92.7. The molecule has 15 nitrogen and oxygen atoms in total. The number of ether oxygens (including phenoxy) is 5. The Morgan fingerprint density at radius 3 is 1.23 bits per heavy atom. The molecule has 10 aromatic rings. The van der Waals surface area contributed by atoms with Gasteiger partial charge < -0.3 is 70.4 Å². The molecule has 9 aliphatic rings. The molecule has 120 heavy (non-hydrogen) atoms. The van der Waals surface area contributed by atoms with Gasteiger partial charge in [-0.3, -0.25) is 9.59 Å². The van der Waals surface area contributed by atoms with Gasteiger partial charge in [0.25, 0.3) is 11.8 Å². The molecule has 5 atom stereocenters. The number of H-pyrrole nitrogens is 1. The van der Waals surface area contributed by atoms with Crippen molar-refractivity contribution in [1.29, 1.82) is 0 Å². The molecule has 4 fully saturated rings. The van der Waals surface area contributed by atoms with Gasteiger partial charge in [-0.15, -0.1) is 22.4 Å². The van der Waals surface area contributed by atoms with E-state index in [0.29, 0.717) is 41.8 Å². The molecule has 19 rings (SSSR count). The monoisotopic (exact) mass is 1830 g/mol. The minimum absolute atomic E-state index is 0. The molecule has 5 heterocycles. The molecule has 0 saturated heterocycles. The Morgan fingerprint density at radius 1 is 0.450 bits per heavy atom. The largest absolute Gasteiger partial charge is 2.00 e. The maximum absolute atomic E-state index is 12.2. The van der Waals surface area contributed by atoms with Crippen LogP contribution in [-0.2, 0) is 55.5 Å². The number of amides is 2. The quantitative estimate of drug-likeness (QED) is 0.0509. The number of aromatic amines is 1. The van der Waals surface area contributed by atoms with Gasteiger partial charge in [-0.1, -0.05) is 327 Å². The van der Waals surface area contributed by atoms with E-state index in [1.165, 1.54) is 125 Å². The maximum Gasteiger partial charge on any atom is 2.00 e. The first-order valence-corrected chi connectivity index (χ1v) is 44.0. The van der Waals surface area contributed by atoms with Crippen molar-refractivity contribution in [2.75, 3.05) is 20.2 Å². The van der Waals surface area contributed by atoms with E-state index in [4.69, 9.17) is 28.7 Å². The van der Waals surface area contributed by atoms with Crippen LogP contribution in [0, 0.1) is 47.6 Å². The molecule has 1 aromatic heterocycles. The number of allylic oxidation sites excluding steroid dienone is 4. The van der Waals surface area contributed by atoms with E-state index in [9.17, 15) is 19.2 Å². The molecule has 2 amide bonds. The number of fused-ring (bicyclic) bond motifs is 2. The summed E-state index contributed by atoms with van der Waals surface area (Å²) in [4.78, 5) is 48.9. The van der Waals surface area contributed by atoms with Crippen molar-refractivity contribution in [3.63, 3.8) is 0 Å². The van der Waals surface area contributed by atoms with Crippen LogP contribution < -0.4 is 79.1 Å². The fourth-order valence-electron chi connectivity index (χ4n) is 15.3. The number of halogens is 1. The van der Waals surface area contributed by atoms with Crippen LogP contribution >= 0.6 is 23.8 Å². The zero-order valence-electron chi connectivity index (χ0n) is 70.4. The summed E-state index contributed by atoms with van der Waals surface area (Å²) in [6.45, 7) is 5.81. The second-order valence-corrected chi connectivity index (χ2v) is 36.5. The van der Waals surface area contributed by atoms with Gasteiger partial charge in [0.05, 0.1) is 23.6 Å². The van der Waals surface area contributed by atoms with Crippen molar-refractivity contribution in [2.45, 2.75) is 158 Å². The molecule has 2 unspecified atom stereocenters. The molecule has 22 heteroatoms. The van der Waals surface area contributed by atoms with Gasteiger partial charge in [0.1, 0.15) is 13.0 Å². The summed E-state index contributed by atoms with van der Waals surface area (Å²) in [5.74, 6) is 4.11. The first-order valence-electron chi connectivity index (χ1n) is 39.8. The third kappa shape index (κ3) is 30.4. The van der Waals surface area contributed by atoms with Crippen molar-refractivity contribution in [2.24, 2.45) is 34.1 Å². The molecule has 4 aliphatic heterocycles. The van der Waals surface area contributed by atoms with Gasteiger partial charge in [-0.2, -0.15) is 12.1 Å². The van der Waals surface area contributed by atoms with Crippen molar-refractivity contribution in [3.8, 4) is 23.0 Å². The van der Waals surface area contributed by atoms with Gasteiger partial charge in [0, 0.05) is 18.9 Å². The fourth-order valence-corrected chi connectivity index (χ4v) is 24.5. The van der Waals surface area contributed by atoms with Crippen molar-refractivity contribution < 1.29 is 84.4 Å². The number of aliphatic imine (C=N–C) groups is 1. The van der Waals surface area contributed by atoms with E-state index < -0.39 is 25.4 Å². The topological polar surface area (TPSA) is 177 Å². The normalized spacial score (nSPS) is 18.1. The number of nitrogens with zero attached hydrogens (tertiary/aromatic N) is 5. The number of carbonyl (C=O) groups excluding carboxylic acids is 2. The van der Waals surface area contributed by atoms with E-state index in [-0.39, 0.29) is 151 Å². The summed E-state index contributed by atoms with van der Waals surface area (Å²) in [5, 5.41) is 17.7. The number of azo groups is 1. The van der Waals surface area contributed by atoms with E-state index in [0.717, 1.165) is 45.5 Å². The minimum atomic E-state index is -0.440. The molecule has 0 radical (unpaired) electrons. The number of aromatic nitrogens is 3. The van der Waals surface area contributed by atoms with E-state index in [2.05, 4.69) is 217 Å². The van der Waals surface area contributed by atoms with Crippen LogP contribution in [0.4, 0.5) is 0 Å². The van der Waals surface area contributed by atoms with Crippen LogP contribution in [0.1, 0.15) is 141 Å². The van der Waals surface area contributed by atoms with Gasteiger partial charge in [0.2, 0.25) is 13.6 Å². The Balaban J connectivity index is 0.000000299. The first-order chi connectivity index (χ1) is 55.0. The Kier molecular flexibility index (Phi) is 49.1. The molecule has 1 N–H and O–H groups in total. The van der Waals surface area contributed by atoms with Crippen LogP contribution in [-0.4, -0.2) is 98.3 Å². The van der Waals surface area contributed by atoms with Crippen LogP contribution in [0.15, 0.2) is 304 Å². The summed E-state index contributed by atoms with van der Waals surface area (Å²) in [7, 11) is 0.752. The maximum atomic E-state index is 12.2. The number of rotatable bonds is 13. The number of carbonyl (C=O) groups is 2. The summed E-state index contributed by atoms with van der Waals surface area (Å²) < 4.78 is 29.4. The van der Waals surface area contributed by atoms with Gasteiger partial charge >= 0.3 is 68.6 Å². The number of hydrogen-bond donors (Lipinski definition) is 1. The third-order valence-electron chi connectivity index (χ3n) is 21.1. The number of nitrogens with one attached hydrogen (secondary N) is 1. The third-order valence-corrected chi connectivity index (χ3v) is 30.0. The molecule has 0 spiro atoms. The van der Waals surface area contributed by atoms with E-state index >= 15 is 0 Å². The minimum Gasteiger partial charge on any atom is -1.00 e. The van der Waals surface area contributed by atoms with Gasteiger partial charge in [0.15, 0.2) is 17.4 Å². The SMILES string of the molecule is C1CCCC1.CC(C)[C@@H]1COC(C2CCCC2P(c2ccccc2)c2ccccc2)=N1.Cn1c(=O)[nH]n([C@H]2C=CC=C[C@@H]2c2ccc3c(c2)OCO3)c1=O.O=C1CC(=O)N=N1.[Br-].[CH3-].[CH3-].[CH3-].[CH3-].[Fe+2].[Fe+2].[Mg+2].[c-]1ccc2c(c1)OCO2.c1ccc(P(c2ccccc2)C2CCCC2)cc1.c1ccc(P(c2ccccc2)C2CCCC2)cc1.c1ccccc1. The van der Waals surface area contributed by atoms with Crippen molar-refractivity contribution in [3.05, 3.63) is 341 Å². The second-order valence-electron chi connectivity index (χ2n) is 29.1. The molecular formula is C98H116BrFe2MgN6O9P3. The van der Waals surface area contributed by atoms with Crippen molar-refractivity contribution in [1.82, 2.24) is 14.3 Å². The Hall–Kier alpha value is -7.61. The van der Waals surface area contributed by atoms with E-state index in [1.54, 1.807) is 33.4 Å². The number of benzene rings is 9. The summed E-state index contributed by atoms with van der Waals surface area (Å²) >= 11 is 0.